The Balaban J connectivity index is 5.01. The lowest BCUT2D eigenvalue weighted by Crippen LogP contribution is -2.23. The number of Topliss-reactive ketones (excluding diaryl/α,β-unsaturated/α-hetero) is 1. The predicted molar refractivity (Wildman–Crippen MR) is 70.4 cm³/mol. The van der Waals surface area contributed by atoms with E-state index >= 15 is 0 Å². The first-order chi connectivity index (χ1) is 8.18. The van der Waals surface area contributed by atoms with Crippen LogP contribution in [-0.2, 0) is 9.59 Å². The molecule has 0 heterocycles. The number of carboxylic acid groups (broad SMARTS) is 1. The highest BCUT2D eigenvalue weighted by Gasteiger charge is 2.28. The zero-order valence-electron chi connectivity index (χ0n) is 11.9. The number of rotatable bonds is 7. The van der Waals surface area contributed by atoms with Crippen molar-refractivity contribution in [3.8, 4) is 0 Å². The van der Waals surface area contributed by atoms with E-state index in [1.165, 1.54) is 0 Å². The fourth-order valence-electron chi connectivity index (χ4n) is 1.59. The lowest BCUT2D eigenvalue weighted by molar-refractivity contribution is -0.135. The molecule has 0 aromatic heterocycles. The summed E-state index contributed by atoms with van der Waals surface area (Å²) in [5, 5.41) is 18.8. The second-order valence-electron chi connectivity index (χ2n) is 5.46. The van der Waals surface area contributed by atoms with Crippen LogP contribution in [0, 0.1) is 17.8 Å². The molecule has 0 aliphatic heterocycles. The Bertz CT molecular complexity index is 340. The maximum atomic E-state index is 12.0. The summed E-state index contributed by atoms with van der Waals surface area (Å²) in [5.74, 6) is -2.42. The van der Waals surface area contributed by atoms with Gasteiger partial charge in [-0.15, -0.1) is 0 Å². The van der Waals surface area contributed by atoms with Gasteiger partial charge in [0.2, 0.25) is 0 Å². The number of aliphatic carboxylic acids is 1. The summed E-state index contributed by atoms with van der Waals surface area (Å²) in [4.78, 5) is 23.1. The molecule has 0 aliphatic rings. The van der Waals surface area contributed by atoms with Crippen molar-refractivity contribution >= 4 is 11.8 Å². The summed E-state index contributed by atoms with van der Waals surface area (Å²) < 4.78 is 0. The van der Waals surface area contributed by atoms with Gasteiger partial charge in [-0.25, -0.2) is 4.79 Å². The number of aliphatic hydroxyl groups excluding tert-OH is 1. The molecular formula is C14H24O4. The number of carboxylic acids is 1. The van der Waals surface area contributed by atoms with Crippen molar-refractivity contribution in [3.63, 3.8) is 0 Å². The van der Waals surface area contributed by atoms with E-state index in [1.54, 1.807) is 20.8 Å². The highest BCUT2D eigenvalue weighted by atomic mass is 16.4. The minimum atomic E-state index is -1.34. The fourth-order valence-corrected chi connectivity index (χ4v) is 1.59. The molecule has 4 nitrogen and oxygen atoms in total. The zero-order chi connectivity index (χ0) is 14.5. The van der Waals surface area contributed by atoms with E-state index in [1.807, 2.05) is 0 Å². The Morgan fingerprint density at radius 3 is 1.78 bits per heavy atom. The molecule has 1 unspecified atom stereocenters. The van der Waals surface area contributed by atoms with Crippen molar-refractivity contribution in [2.24, 2.45) is 17.8 Å². The first-order valence-corrected chi connectivity index (χ1v) is 6.39. The van der Waals surface area contributed by atoms with Crippen LogP contribution in [0.3, 0.4) is 0 Å². The van der Waals surface area contributed by atoms with E-state index in [-0.39, 0.29) is 17.6 Å². The second-order valence-corrected chi connectivity index (χ2v) is 5.46. The molecule has 0 radical (unpaired) electrons. The van der Waals surface area contributed by atoms with Gasteiger partial charge in [-0.05, 0) is 12.3 Å². The van der Waals surface area contributed by atoms with Gasteiger partial charge in [-0.3, -0.25) is 4.79 Å². The number of ketones is 1. The van der Waals surface area contributed by atoms with Crippen LogP contribution in [0.15, 0.2) is 11.3 Å². The van der Waals surface area contributed by atoms with Crippen molar-refractivity contribution in [2.75, 3.05) is 0 Å². The van der Waals surface area contributed by atoms with E-state index < -0.39 is 17.3 Å². The summed E-state index contributed by atoms with van der Waals surface area (Å²) in [6.45, 7) is 9.13. The molecule has 0 aromatic carbocycles. The third-order valence-electron chi connectivity index (χ3n) is 2.89. The molecular weight excluding hydrogens is 232 g/mol. The molecule has 18 heavy (non-hydrogen) atoms. The van der Waals surface area contributed by atoms with Crippen LogP contribution in [0.5, 0.6) is 0 Å². The van der Waals surface area contributed by atoms with Gasteiger partial charge in [0.15, 0.2) is 5.78 Å². The number of allylic oxidation sites excluding steroid dienone is 1. The third-order valence-corrected chi connectivity index (χ3v) is 2.89. The van der Waals surface area contributed by atoms with Gasteiger partial charge in [0.05, 0.1) is 0 Å². The van der Waals surface area contributed by atoms with Crippen molar-refractivity contribution in [2.45, 2.75) is 47.5 Å². The first kappa shape index (κ1) is 16.7. The van der Waals surface area contributed by atoms with E-state index in [9.17, 15) is 14.7 Å². The molecule has 2 N–H and O–H groups in total. The van der Waals surface area contributed by atoms with Crippen LogP contribution in [0.2, 0.25) is 0 Å². The summed E-state index contributed by atoms with van der Waals surface area (Å²) in [6, 6.07) is 0. The lowest BCUT2D eigenvalue weighted by Gasteiger charge is -2.14. The fraction of sp³-hybridized carbons (Fsp3) is 0.714. The molecule has 0 spiro atoms. The maximum absolute atomic E-state index is 12.0. The Kier molecular flexibility index (Phi) is 6.66. The number of carbonyl (C=O) groups excluding carboxylic acids is 1. The van der Waals surface area contributed by atoms with Gasteiger partial charge in [-0.2, -0.15) is 0 Å². The summed E-state index contributed by atoms with van der Waals surface area (Å²) in [7, 11) is 0. The Morgan fingerprint density at radius 1 is 0.944 bits per heavy atom. The SMILES string of the molecule is CC(C)CCC(C)C(=O)C(C(=O)O)=C(O)C(C)C. The van der Waals surface area contributed by atoms with Crippen LogP contribution in [0.25, 0.3) is 0 Å². The number of hydrogen-bond donors (Lipinski definition) is 2. The van der Waals surface area contributed by atoms with Gasteiger partial charge in [-0.1, -0.05) is 41.0 Å². The predicted octanol–water partition coefficient (Wildman–Crippen LogP) is 3.18. The average Bonchev–Trinajstić information content (AvgIpc) is 2.24. The Hall–Kier alpha value is -1.32. The summed E-state index contributed by atoms with van der Waals surface area (Å²) >= 11 is 0. The van der Waals surface area contributed by atoms with Gasteiger partial charge < -0.3 is 10.2 Å². The highest BCUT2D eigenvalue weighted by Crippen LogP contribution is 2.20. The van der Waals surface area contributed by atoms with Crippen molar-refractivity contribution in [1.29, 1.82) is 0 Å². The molecule has 104 valence electrons. The zero-order valence-corrected chi connectivity index (χ0v) is 11.9. The Labute approximate surface area is 109 Å². The number of hydrogen-bond acceptors (Lipinski definition) is 3. The molecule has 0 amide bonds. The van der Waals surface area contributed by atoms with Crippen LogP contribution in [0.1, 0.15) is 47.5 Å². The quantitative estimate of drug-likeness (QED) is 0.317. The van der Waals surface area contributed by atoms with Crippen LogP contribution in [-0.4, -0.2) is 22.0 Å². The number of aliphatic hydroxyl groups is 1. The molecule has 0 saturated heterocycles. The smallest absolute Gasteiger partial charge is 0.342 e. The third kappa shape index (κ3) is 4.90. The Morgan fingerprint density at radius 2 is 1.44 bits per heavy atom. The molecule has 0 aromatic rings. The van der Waals surface area contributed by atoms with E-state index in [0.717, 1.165) is 6.42 Å². The topological polar surface area (TPSA) is 74.6 Å². The molecule has 0 fully saturated rings. The molecule has 1 atom stereocenters. The van der Waals surface area contributed by atoms with Crippen molar-refractivity contribution in [1.82, 2.24) is 0 Å². The van der Waals surface area contributed by atoms with E-state index in [2.05, 4.69) is 13.8 Å². The summed E-state index contributed by atoms with van der Waals surface area (Å²) in [6.07, 6.45) is 1.50. The minimum absolute atomic E-state index is 0.330. The van der Waals surface area contributed by atoms with Gasteiger partial charge in [0.1, 0.15) is 11.3 Å². The molecule has 0 aliphatic carbocycles. The maximum Gasteiger partial charge on any atom is 0.342 e. The molecule has 4 heteroatoms. The summed E-state index contributed by atoms with van der Waals surface area (Å²) in [5.41, 5.74) is -0.457. The molecule has 0 bridgehead atoms. The van der Waals surface area contributed by atoms with Gasteiger partial charge in [0.25, 0.3) is 0 Å². The highest BCUT2D eigenvalue weighted by molar-refractivity contribution is 6.17. The normalized spacial score (nSPS) is 14.6. The largest absolute Gasteiger partial charge is 0.511 e. The van der Waals surface area contributed by atoms with E-state index in [0.29, 0.717) is 12.3 Å². The van der Waals surface area contributed by atoms with Crippen LogP contribution < -0.4 is 0 Å². The second kappa shape index (κ2) is 7.19. The van der Waals surface area contributed by atoms with E-state index in [4.69, 9.17) is 5.11 Å². The average molecular weight is 256 g/mol. The van der Waals surface area contributed by atoms with Crippen molar-refractivity contribution in [3.05, 3.63) is 11.3 Å². The van der Waals surface area contributed by atoms with Crippen molar-refractivity contribution < 1.29 is 19.8 Å². The molecule has 0 rings (SSSR count). The minimum Gasteiger partial charge on any atom is -0.511 e. The van der Waals surface area contributed by atoms with Gasteiger partial charge >= 0.3 is 5.97 Å². The monoisotopic (exact) mass is 256 g/mol. The number of carbonyl (C=O) groups is 2. The van der Waals surface area contributed by atoms with Crippen LogP contribution >= 0.6 is 0 Å². The molecule has 0 saturated carbocycles. The van der Waals surface area contributed by atoms with Crippen LogP contribution in [0.4, 0.5) is 0 Å². The standard InChI is InChI=1S/C14H24O4/c1-8(2)6-7-10(5)13(16)11(14(17)18)12(15)9(3)4/h8-10,15H,6-7H2,1-5H3,(H,17,18). The first-order valence-electron chi connectivity index (χ1n) is 6.39. The van der Waals surface area contributed by atoms with Gasteiger partial charge in [0, 0.05) is 11.8 Å². The lowest BCUT2D eigenvalue weighted by atomic mass is 9.90.